The van der Waals surface area contributed by atoms with Gasteiger partial charge >= 0.3 is 0 Å². The molecule has 0 bridgehead atoms. The minimum atomic E-state index is -0.564. The highest BCUT2D eigenvalue weighted by Gasteiger charge is 2.16. The number of carbonyl (C=O) groups excluding carboxylic acids is 1. The maximum absolute atomic E-state index is 12.3. The van der Waals surface area contributed by atoms with Gasteiger partial charge in [0.25, 0.3) is 5.91 Å². The Hall–Kier alpha value is -2.49. The van der Waals surface area contributed by atoms with Crippen LogP contribution >= 0.6 is 0 Å². The summed E-state index contributed by atoms with van der Waals surface area (Å²) >= 11 is 0. The van der Waals surface area contributed by atoms with Crippen molar-refractivity contribution >= 4 is 5.91 Å². The number of nitrogens with one attached hydrogen (secondary N) is 1. The molecule has 1 N–H and O–H groups in total. The van der Waals surface area contributed by atoms with Crippen LogP contribution in [0.4, 0.5) is 0 Å². The van der Waals surface area contributed by atoms with Gasteiger partial charge in [0, 0.05) is 0 Å². The average Bonchev–Trinajstić information content (AvgIpc) is 2.62. The summed E-state index contributed by atoms with van der Waals surface area (Å²) in [5.74, 6) is 1.41. The molecule has 2 rings (SSSR count). The summed E-state index contributed by atoms with van der Waals surface area (Å²) in [6, 6.07) is 12.2. The van der Waals surface area contributed by atoms with Crippen LogP contribution in [0, 0.1) is 20.8 Å². The predicted octanol–water partition coefficient (Wildman–Crippen LogP) is 4.87. The number of benzene rings is 2. The van der Waals surface area contributed by atoms with E-state index in [1.807, 2.05) is 39.0 Å². The van der Waals surface area contributed by atoms with E-state index in [1.54, 1.807) is 6.92 Å². The highest BCUT2D eigenvalue weighted by Crippen LogP contribution is 2.25. The van der Waals surface area contributed by atoms with Gasteiger partial charge in [0.2, 0.25) is 0 Å². The highest BCUT2D eigenvalue weighted by molar-refractivity contribution is 5.80. The van der Waals surface area contributed by atoms with E-state index in [4.69, 9.17) is 9.47 Å². The second-order valence-corrected chi connectivity index (χ2v) is 8.38. The van der Waals surface area contributed by atoms with Crippen molar-refractivity contribution in [3.8, 4) is 11.5 Å². The Bertz CT molecular complexity index is 804. The van der Waals surface area contributed by atoms with Gasteiger partial charge in [-0.25, -0.2) is 0 Å². The summed E-state index contributed by atoms with van der Waals surface area (Å²) in [6.45, 7) is 15.2. The molecule has 0 saturated carbocycles. The predicted molar refractivity (Wildman–Crippen MR) is 114 cm³/mol. The molecule has 0 aliphatic heterocycles. The summed E-state index contributed by atoms with van der Waals surface area (Å²) in [7, 11) is 0. The molecule has 0 heterocycles. The third-order valence-corrected chi connectivity index (χ3v) is 4.83. The zero-order valence-corrected chi connectivity index (χ0v) is 18.2. The van der Waals surface area contributed by atoms with E-state index in [9.17, 15) is 4.79 Å². The molecule has 28 heavy (non-hydrogen) atoms. The molecule has 0 spiro atoms. The molecule has 152 valence electrons. The van der Waals surface area contributed by atoms with Crippen LogP contribution in [0.2, 0.25) is 0 Å². The van der Waals surface area contributed by atoms with Gasteiger partial charge in [0.15, 0.2) is 6.10 Å². The topological polar surface area (TPSA) is 47.6 Å². The summed E-state index contributed by atoms with van der Waals surface area (Å²) < 4.78 is 11.6. The smallest absolute Gasteiger partial charge is 0.260 e. The standard InChI is InChI=1S/C24H33NO3/c1-16-14-17(2)18(3)22(15-16)28-19(4)23(26)25-12-13-27-21-10-8-20(9-11-21)24(5,6)7/h8-11,14-15,19H,12-13H2,1-7H3,(H,25,26)/t19-/m0/s1. The van der Waals surface area contributed by atoms with Crippen molar-refractivity contribution in [2.75, 3.05) is 13.2 Å². The van der Waals surface area contributed by atoms with E-state index in [2.05, 4.69) is 44.3 Å². The maximum Gasteiger partial charge on any atom is 0.260 e. The molecular weight excluding hydrogens is 350 g/mol. The Morgan fingerprint density at radius 2 is 1.71 bits per heavy atom. The second-order valence-electron chi connectivity index (χ2n) is 8.38. The summed E-state index contributed by atoms with van der Waals surface area (Å²) in [5.41, 5.74) is 4.73. The molecular formula is C24H33NO3. The molecule has 0 fully saturated rings. The molecule has 0 saturated heterocycles. The van der Waals surface area contributed by atoms with E-state index in [0.717, 1.165) is 28.2 Å². The third kappa shape index (κ3) is 6.01. The van der Waals surface area contributed by atoms with Gasteiger partial charge in [-0.2, -0.15) is 0 Å². The first-order chi connectivity index (χ1) is 13.1. The van der Waals surface area contributed by atoms with Gasteiger partial charge in [0.1, 0.15) is 18.1 Å². The van der Waals surface area contributed by atoms with E-state index >= 15 is 0 Å². The normalized spacial score (nSPS) is 12.4. The quantitative estimate of drug-likeness (QED) is 0.694. The molecule has 4 nitrogen and oxygen atoms in total. The lowest BCUT2D eigenvalue weighted by Gasteiger charge is -2.19. The summed E-state index contributed by atoms with van der Waals surface area (Å²) in [6.07, 6.45) is -0.564. The van der Waals surface area contributed by atoms with Crippen molar-refractivity contribution in [3.05, 3.63) is 58.7 Å². The zero-order chi connectivity index (χ0) is 20.9. The minimum Gasteiger partial charge on any atom is -0.492 e. The van der Waals surface area contributed by atoms with Crippen LogP contribution in [0.15, 0.2) is 36.4 Å². The van der Waals surface area contributed by atoms with Crippen LogP contribution in [0.25, 0.3) is 0 Å². The Labute approximate surface area is 169 Å². The van der Waals surface area contributed by atoms with Gasteiger partial charge in [-0.15, -0.1) is 0 Å². The van der Waals surface area contributed by atoms with Crippen molar-refractivity contribution < 1.29 is 14.3 Å². The van der Waals surface area contributed by atoms with E-state index in [0.29, 0.717) is 13.2 Å². The Balaban J connectivity index is 1.79. The first-order valence-corrected chi connectivity index (χ1v) is 9.83. The van der Waals surface area contributed by atoms with Gasteiger partial charge in [0.05, 0.1) is 6.54 Å². The van der Waals surface area contributed by atoms with Gasteiger partial charge in [-0.3, -0.25) is 4.79 Å². The Kier molecular flexibility index (Phi) is 7.11. The number of rotatable bonds is 7. The van der Waals surface area contributed by atoms with E-state index < -0.39 is 6.10 Å². The molecule has 0 aromatic heterocycles. The number of hydrogen-bond acceptors (Lipinski definition) is 3. The van der Waals surface area contributed by atoms with Gasteiger partial charge in [-0.1, -0.05) is 39.0 Å². The fourth-order valence-corrected chi connectivity index (χ4v) is 2.91. The minimum absolute atomic E-state index is 0.122. The molecule has 4 heteroatoms. The number of aryl methyl sites for hydroxylation is 2. The van der Waals surface area contributed by atoms with Crippen LogP contribution < -0.4 is 14.8 Å². The molecule has 2 aromatic rings. The third-order valence-electron chi connectivity index (χ3n) is 4.83. The van der Waals surface area contributed by atoms with Crippen molar-refractivity contribution in [2.24, 2.45) is 0 Å². The molecule has 0 radical (unpaired) electrons. The highest BCUT2D eigenvalue weighted by atomic mass is 16.5. The molecule has 1 atom stereocenters. The van der Waals surface area contributed by atoms with Crippen LogP contribution in [-0.4, -0.2) is 25.2 Å². The van der Waals surface area contributed by atoms with Gasteiger partial charge in [-0.05, 0) is 73.6 Å². The molecule has 0 aliphatic carbocycles. The zero-order valence-electron chi connectivity index (χ0n) is 18.2. The molecule has 2 aromatic carbocycles. The molecule has 0 unspecified atom stereocenters. The number of ether oxygens (including phenoxy) is 2. The Morgan fingerprint density at radius 3 is 2.32 bits per heavy atom. The average molecular weight is 384 g/mol. The second kappa shape index (κ2) is 9.13. The lowest BCUT2D eigenvalue weighted by Crippen LogP contribution is -2.38. The van der Waals surface area contributed by atoms with Crippen LogP contribution in [0.5, 0.6) is 11.5 Å². The fourth-order valence-electron chi connectivity index (χ4n) is 2.91. The Morgan fingerprint density at radius 1 is 1.07 bits per heavy atom. The number of carbonyl (C=O) groups is 1. The van der Waals surface area contributed by atoms with Crippen LogP contribution in [0.3, 0.4) is 0 Å². The lowest BCUT2D eigenvalue weighted by atomic mass is 9.87. The molecule has 0 aliphatic rings. The summed E-state index contributed by atoms with van der Waals surface area (Å²) in [5, 5.41) is 2.87. The van der Waals surface area contributed by atoms with E-state index in [1.165, 1.54) is 5.56 Å². The maximum atomic E-state index is 12.3. The van der Waals surface area contributed by atoms with E-state index in [-0.39, 0.29) is 11.3 Å². The first kappa shape index (κ1) is 21.8. The van der Waals surface area contributed by atoms with Crippen LogP contribution in [-0.2, 0) is 10.2 Å². The SMILES string of the molecule is Cc1cc(C)c(C)c(O[C@@H](C)C(=O)NCCOc2ccc(C(C)(C)C)cc2)c1. The largest absolute Gasteiger partial charge is 0.492 e. The number of amides is 1. The van der Waals surface area contributed by atoms with Crippen molar-refractivity contribution in [1.29, 1.82) is 0 Å². The number of hydrogen-bond donors (Lipinski definition) is 1. The monoisotopic (exact) mass is 383 g/mol. The van der Waals surface area contributed by atoms with Crippen molar-refractivity contribution in [2.45, 2.75) is 60.0 Å². The van der Waals surface area contributed by atoms with Crippen molar-refractivity contribution in [1.82, 2.24) is 5.32 Å². The van der Waals surface area contributed by atoms with Crippen LogP contribution in [0.1, 0.15) is 49.9 Å². The summed E-state index contributed by atoms with van der Waals surface area (Å²) in [4.78, 5) is 12.3. The molecule has 1 amide bonds. The van der Waals surface area contributed by atoms with Gasteiger partial charge < -0.3 is 14.8 Å². The lowest BCUT2D eigenvalue weighted by molar-refractivity contribution is -0.127. The fraction of sp³-hybridized carbons (Fsp3) is 0.458. The first-order valence-electron chi connectivity index (χ1n) is 9.83. The van der Waals surface area contributed by atoms with Crippen molar-refractivity contribution in [3.63, 3.8) is 0 Å².